The zero-order valence-electron chi connectivity index (χ0n) is 13.1. The molecular formula is C16H19FN6. The highest BCUT2D eigenvalue weighted by Gasteiger charge is 2.39. The number of fused-ring (bicyclic) bond motifs is 1. The predicted octanol–water partition coefficient (Wildman–Crippen LogP) is 1.82. The van der Waals surface area contributed by atoms with Crippen molar-refractivity contribution in [2.75, 3.05) is 29.4 Å². The molecule has 2 saturated heterocycles. The molecule has 2 fully saturated rings. The lowest BCUT2D eigenvalue weighted by atomic mass is 9.92. The van der Waals surface area contributed by atoms with E-state index in [4.69, 9.17) is 0 Å². The second-order valence-electron chi connectivity index (χ2n) is 6.26. The average molecular weight is 314 g/mol. The van der Waals surface area contributed by atoms with Crippen molar-refractivity contribution in [1.29, 1.82) is 0 Å². The summed E-state index contributed by atoms with van der Waals surface area (Å²) in [4.78, 5) is 21.1. The number of rotatable bonds is 2. The van der Waals surface area contributed by atoms with E-state index in [1.807, 2.05) is 18.0 Å². The number of piperidine rings is 1. The molecule has 0 amide bonds. The van der Waals surface area contributed by atoms with Crippen LogP contribution in [-0.2, 0) is 0 Å². The number of aryl methyl sites for hydroxylation is 1. The van der Waals surface area contributed by atoms with E-state index in [0.717, 1.165) is 44.0 Å². The smallest absolute Gasteiger partial charge is 0.183 e. The molecule has 0 N–H and O–H groups in total. The van der Waals surface area contributed by atoms with E-state index in [-0.39, 0.29) is 5.82 Å². The Morgan fingerprint density at radius 3 is 2.83 bits per heavy atom. The zero-order chi connectivity index (χ0) is 15.8. The van der Waals surface area contributed by atoms with Crippen molar-refractivity contribution >= 4 is 11.6 Å². The molecule has 0 aromatic carbocycles. The summed E-state index contributed by atoms with van der Waals surface area (Å²) in [5.74, 6) is 1.59. The summed E-state index contributed by atoms with van der Waals surface area (Å²) in [6, 6.07) is 0.328. The Morgan fingerprint density at radius 1 is 1.13 bits per heavy atom. The molecule has 120 valence electrons. The lowest BCUT2D eigenvalue weighted by molar-refractivity contribution is 0.385. The molecule has 4 rings (SSSR count). The van der Waals surface area contributed by atoms with Gasteiger partial charge in [-0.3, -0.25) is 4.98 Å². The third-order valence-corrected chi connectivity index (χ3v) is 4.85. The van der Waals surface area contributed by atoms with Crippen molar-refractivity contribution in [3.05, 3.63) is 36.4 Å². The number of nitrogens with zero attached hydrogens (tertiary/aromatic N) is 6. The molecule has 6 nitrogen and oxygen atoms in total. The lowest BCUT2D eigenvalue weighted by Crippen LogP contribution is -2.49. The number of hydrogen-bond donors (Lipinski definition) is 0. The van der Waals surface area contributed by atoms with E-state index in [9.17, 15) is 4.39 Å². The SMILES string of the molecule is Cc1cncc(N2CCC3CCN(c4ncncc4F)CC32)n1. The molecule has 4 heterocycles. The van der Waals surface area contributed by atoms with Crippen molar-refractivity contribution in [3.8, 4) is 0 Å². The molecule has 0 aliphatic carbocycles. The second kappa shape index (κ2) is 5.72. The van der Waals surface area contributed by atoms with Crippen molar-refractivity contribution in [3.63, 3.8) is 0 Å². The summed E-state index contributed by atoms with van der Waals surface area (Å²) in [5, 5.41) is 0. The summed E-state index contributed by atoms with van der Waals surface area (Å²) in [7, 11) is 0. The van der Waals surface area contributed by atoms with Crippen LogP contribution in [-0.4, -0.2) is 45.6 Å². The average Bonchev–Trinajstić information content (AvgIpc) is 2.98. The van der Waals surface area contributed by atoms with Crippen LogP contribution >= 0.6 is 0 Å². The zero-order valence-corrected chi connectivity index (χ0v) is 13.1. The van der Waals surface area contributed by atoms with Gasteiger partial charge in [0.25, 0.3) is 0 Å². The maximum atomic E-state index is 14.0. The van der Waals surface area contributed by atoms with Crippen LogP contribution in [0.3, 0.4) is 0 Å². The van der Waals surface area contributed by atoms with E-state index in [1.165, 1.54) is 12.5 Å². The molecule has 2 unspecified atom stereocenters. The fourth-order valence-corrected chi connectivity index (χ4v) is 3.75. The topological polar surface area (TPSA) is 58.0 Å². The lowest BCUT2D eigenvalue weighted by Gasteiger charge is -2.39. The van der Waals surface area contributed by atoms with Crippen LogP contribution in [0.25, 0.3) is 0 Å². The first-order valence-electron chi connectivity index (χ1n) is 7.98. The minimum atomic E-state index is -0.356. The Balaban J connectivity index is 1.59. The van der Waals surface area contributed by atoms with Crippen molar-refractivity contribution in [1.82, 2.24) is 19.9 Å². The summed E-state index contributed by atoms with van der Waals surface area (Å²) in [6.45, 7) is 4.53. The maximum Gasteiger partial charge on any atom is 0.183 e. The van der Waals surface area contributed by atoms with Crippen LogP contribution in [0.5, 0.6) is 0 Å². The van der Waals surface area contributed by atoms with Crippen LogP contribution in [0.15, 0.2) is 24.9 Å². The number of anilines is 2. The molecule has 0 radical (unpaired) electrons. The largest absolute Gasteiger partial charge is 0.352 e. The van der Waals surface area contributed by atoms with Gasteiger partial charge in [0.1, 0.15) is 12.1 Å². The van der Waals surface area contributed by atoms with E-state index in [2.05, 4.69) is 24.8 Å². The van der Waals surface area contributed by atoms with Gasteiger partial charge in [-0.15, -0.1) is 0 Å². The second-order valence-corrected chi connectivity index (χ2v) is 6.26. The first-order valence-corrected chi connectivity index (χ1v) is 7.98. The third-order valence-electron chi connectivity index (χ3n) is 4.85. The van der Waals surface area contributed by atoms with Crippen molar-refractivity contribution in [2.45, 2.75) is 25.8 Å². The molecule has 0 bridgehead atoms. The van der Waals surface area contributed by atoms with Gasteiger partial charge < -0.3 is 9.80 Å². The molecule has 2 aliphatic rings. The molecular weight excluding hydrogens is 295 g/mol. The van der Waals surface area contributed by atoms with Crippen molar-refractivity contribution in [2.24, 2.45) is 5.92 Å². The van der Waals surface area contributed by atoms with E-state index < -0.39 is 0 Å². The van der Waals surface area contributed by atoms with Crippen molar-refractivity contribution < 1.29 is 4.39 Å². The third kappa shape index (κ3) is 2.60. The Morgan fingerprint density at radius 2 is 2.00 bits per heavy atom. The van der Waals surface area contributed by atoms with Crippen LogP contribution in [0.1, 0.15) is 18.5 Å². The van der Waals surface area contributed by atoms with Gasteiger partial charge in [-0.25, -0.2) is 19.3 Å². The van der Waals surface area contributed by atoms with Gasteiger partial charge in [0.15, 0.2) is 11.6 Å². The Bertz CT molecular complexity index is 708. The summed E-state index contributed by atoms with van der Waals surface area (Å²) in [5.41, 5.74) is 0.917. The number of aromatic nitrogens is 4. The summed E-state index contributed by atoms with van der Waals surface area (Å²) < 4.78 is 14.0. The quantitative estimate of drug-likeness (QED) is 0.843. The van der Waals surface area contributed by atoms with E-state index in [0.29, 0.717) is 17.8 Å². The Labute approximate surface area is 134 Å². The van der Waals surface area contributed by atoms with E-state index >= 15 is 0 Å². The number of halogens is 1. The van der Waals surface area contributed by atoms with Gasteiger partial charge in [0, 0.05) is 25.8 Å². The first kappa shape index (κ1) is 14.3. The van der Waals surface area contributed by atoms with Gasteiger partial charge in [-0.2, -0.15) is 0 Å². The fraction of sp³-hybridized carbons (Fsp3) is 0.500. The Hall–Kier alpha value is -2.31. The molecule has 2 aromatic heterocycles. The summed E-state index contributed by atoms with van der Waals surface area (Å²) in [6.07, 6.45) is 8.42. The monoisotopic (exact) mass is 314 g/mol. The predicted molar refractivity (Wildman–Crippen MR) is 84.8 cm³/mol. The normalized spacial score (nSPS) is 23.9. The molecule has 23 heavy (non-hydrogen) atoms. The first-order chi connectivity index (χ1) is 11.2. The van der Waals surface area contributed by atoms with Crippen LogP contribution in [0.2, 0.25) is 0 Å². The molecule has 7 heteroatoms. The van der Waals surface area contributed by atoms with Crippen LogP contribution in [0, 0.1) is 18.7 Å². The molecule has 0 saturated carbocycles. The molecule has 2 aliphatic heterocycles. The van der Waals surface area contributed by atoms with Gasteiger partial charge >= 0.3 is 0 Å². The summed E-state index contributed by atoms with van der Waals surface area (Å²) >= 11 is 0. The van der Waals surface area contributed by atoms with Crippen LogP contribution in [0.4, 0.5) is 16.0 Å². The molecule has 2 aromatic rings. The van der Waals surface area contributed by atoms with E-state index in [1.54, 1.807) is 6.20 Å². The standard InChI is InChI=1S/C16H19FN6/c1-11-6-18-8-15(21-11)23-5-3-12-2-4-22(9-14(12)23)16-13(17)7-19-10-20-16/h6-8,10,12,14H,2-5,9H2,1H3. The van der Waals surface area contributed by atoms with Gasteiger partial charge in [-0.1, -0.05) is 0 Å². The van der Waals surface area contributed by atoms with Gasteiger partial charge in [0.05, 0.1) is 24.1 Å². The minimum absolute atomic E-state index is 0.328. The highest BCUT2D eigenvalue weighted by atomic mass is 19.1. The van der Waals surface area contributed by atoms with Crippen LogP contribution < -0.4 is 9.80 Å². The van der Waals surface area contributed by atoms with Gasteiger partial charge in [-0.05, 0) is 25.7 Å². The number of hydrogen-bond acceptors (Lipinski definition) is 6. The fourth-order valence-electron chi connectivity index (χ4n) is 3.75. The molecule has 2 atom stereocenters. The molecule has 0 spiro atoms. The maximum absolute atomic E-state index is 14.0. The van der Waals surface area contributed by atoms with Gasteiger partial charge in [0.2, 0.25) is 0 Å². The Kier molecular flexibility index (Phi) is 3.55. The highest BCUT2D eigenvalue weighted by molar-refractivity contribution is 5.45. The highest BCUT2D eigenvalue weighted by Crippen LogP contribution is 2.35. The minimum Gasteiger partial charge on any atom is -0.352 e.